The van der Waals surface area contributed by atoms with Gasteiger partial charge in [-0.15, -0.1) is 0 Å². The van der Waals surface area contributed by atoms with Crippen molar-refractivity contribution >= 4 is 27.4 Å². The Kier molecular flexibility index (Phi) is 3.99. The lowest BCUT2D eigenvalue weighted by atomic mass is 9.94. The molecular formula is C15H12BrNO3. The second-order valence-corrected chi connectivity index (χ2v) is 5.33. The average molecular weight is 334 g/mol. The van der Waals surface area contributed by atoms with Gasteiger partial charge in [-0.3, -0.25) is 14.9 Å². The number of ketones is 1. The Morgan fingerprint density at radius 3 is 2.35 bits per heavy atom. The van der Waals surface area contributed by atoms with Crippen LogP contribution in [0.5, 0.6) is 0 Å². The number of carbonyl (C=O) groups excluding carboxylic acids is 1. The molecule has 0 aliphatic heterocycles. The van der Waals surface area contributed by atoms with Crippen molar-refractivity contribution in [2.45, 2.75) is 13.8 Å². The summed E-state index contributed by atoms with van der Waals surface area (Å²) in [6.45, 7) is 3.38. The number of rotatable bonds is 3. The number of nitro benzene ring substituents is 1. The zero-order valence-electron chi connectivity index (χ0n) is 11.0. The molecule has 0 heterocycles. The van der Waals surface area contributed by atoms with Gasteiger partial charge in [-0.1, -0.05) is 30.3 Å². The van der Waals surface area contributed by atoms with Crippen LogP contribution in [0.4, 0.5) is 5.69 Å². The smallest absolute Gasteiger partial charge is 0.287 e. The van der Waals surface area contributed by atoms with Crippen molar-refractivity contribution in [2.75, 3.05) is 0 Å². The molecule has 0 aromatic heterocycles. The highest BCUT2D eigenvalue weighted by atomic mass is 79.9. The maximum Gasteiger partial charge on any atom is 0.287 e. The van der Waals surface area contributed by atoms with E-state index in [1.165, 1.54) is 0 Å². The van der Waals surface area contributed by atoms with E-state index >= 15 is 0 Å². The van der Waals surface area contributed by atoms with Crippen LogP contribution in [0.25, 0.3) is 0 Å². The van der Waals surface area contributed by atoms with Crippen molar-refractivity contribution in [3.8, 4) is 0 Å². The van der Waals surface area contributed by atoms with Crippen molar-refractivity contribution in [1.82, 2.24) is 0 Å². The molecule has 0 saturated heterocycles. The Bertz CT molecular complexity index is 696. The van der Waals surface area contributed by atoms with Gasteiger partial charge in [0.05, 0.1) is 9.40 Å². The van der Waals surface area contributed by atoms with E-state index in [0.717, 1.165) is 0 Å². The molecule has 0 radical (unpaired) electrons. The lowest BCUT2D eigenvalue weighted by Gasteiger charge is -2.10. The van der Waals surface area contributed by atoms with Crippen LogP contribution >= 0.6 is 15.9 Å². The summed E-state index contributed by atoms with van der Waals surface area (Å²) in [4.78, 5) is 23.2. The van der Waals surface area contributed by atoms with E-state index in [4.69, 9.17) is 0 Å². The Hall–Kier alpha value is -2.01. The third-order valence-electron chi connectivity index (χ3n) is 3.14. The molecule has 0 spiro atoms. The first-order valence-electron chi connectivity index (χ1n) is 5.97. The van der Waals surface area contributed by atoms with E-state index in [0.29, 0.717) is 26.7 Å². The van der Waals surface area contributed by atoms with E-state index in [1.54, 1.807) is 44.2 Å². The number of carbonyl (C=O) groups is 1. The molecule has 2 aromatic carbocycles. The van der Waals surface area contributed by atoms with Gasteiger partial charge in [0.2, 0.25) is 0 Å². The number of hydrogen-bond donors (Lipinski definition) is 0. The highest BCUT2D eigenvalue weighted by molar-refractivity contribution is 9.10. The molecule has 0 aliphatic rings. The third-order valence-corrected chi connectivity index (χ3v) is 3.74. The predicted molar refractivity (Wildman–Crippen MR) is 80.1 cm³/mol. The van der Waals surface area contributed by atoms with Gasteiger partial charge in [-0.25, -0.2) is 0 Å². The summed E-state index contributed by atoms with van der Waals surface area (Å²) in [6, 6.07) is 10.4. The molecule has 0 saturated carbocycles. The Balaban J connectivity index is 2.66. The van der Waals surface area contributed by atoms with Crippen molar-refractivity contribution in [3.05, 3.63) is 73.2 Å². The normalized spacial score (nSPS) is 10.3. The zero-order chi connectivity index (χ0) is 14.9. The summed E-state index contributed by atoms with van der Waals surface area (Å²) < 4.78 is 0.391. The van der Waals surface area contributed by atoms with Crippen LogP contribution in [0.2, 0.25) is 0 Å². The topological polar surface area (TPSA) is 60.2 Å². The minimum Gasteiger partial charge on any atom is -0.289 e. The Morgan fingerprint density at radius 2 is 1.80 bits per heavy atom. The summed E-state index contributed by atoms with van der Waals surface area (Å²) in [5, 5.41) is 11.1. The van der Waals surface area contributed by atoms with Crippen molar-refractivity contribution in [1.29, 1.82) is 0 Å². The van der Waals surface area contributed by atoms with Crippen LogP contribution in [-0.2, 0) is 0 Å². The molecule has 5 heteroatoms. The maximum atomic E-state index is 12.5. The van der Waals surface area contributed by atoms with E-state index < -0.39 is 4.92 Å². The number of nitro groups is 1. The second kappa shape index (κ2) is 5.54. The van der Waals surface area contributed by atoms with Gasteiger partial charge in [-0.2, -0.15) is 0 Å². The molecule has 102 valence electrons. The molecule has 0 fully saturated rings. The quantitative estimate of drug-likeness (QED) is 0.480. The molecule has 0 bridgehead atoms. The fraction of sp³-hybridized carbons (Fsp3) is 0.133. The number of aryl methyl sites for hydroxylation is 1. The maximum absolute atomic E-state index is 12.5. The lowest BCUT2D eigenvalue weighted by Crippen LogP contribution is -2.08. The van der Waals surface area contributed by atoms with E-state index in [1.807, 2.05) is 6.07 Å². The van der Waals surface area contributed by atoms with Crippen molar-refractivity contribution in [3.63, 3.8) is 0 Å². The van der Waals surface area contributed by atoms with Crippen LogP contribution in [0.3, 0.4) is 0 Å². The fourth-order valence-corrected chi connectivity index (χ4v) is 3.02. The monoisotopic (exact) mass is 333 g/mol. The summed E-state index contributed by atoms with van der Waals surface area (Å²) in [7, 11) is 0. The van der Waals surface area contributed by atoms with Gasteiger partial charge in [0.25, 0.3) is 5.69 Å². The van der Waals surface area contributed by atoms with Gasteiger partial charge >= 0.3 is 0 Å². The molecule has 0 atom stereocenters. The number of halogens is 1. The summed E-state index contributed by atoms with van der Waals surface area (Å²) in [5.41, 5.74) is 1.96. The summed E-state index contributed by atoms with van der Waals surface area (Å²) in [6.07, 6.45) is 0. The van der Waals surface area contributed by atoms with E-state index in [2.05, 4.69) is 15.9 Å². The van der Waals surface area contributed by atoms with Crippen LogP contribution in [-0.4, -0.2) is 10.7 Å². The third kappa shape index (κ3) is 2.49. The number of benzene rings is 2. The van der Waals surface area contributed by atoms with Crippen LogP contribution < -0.4 is 0 Å². The van der Waals surface area contributed by atoms with Crippen LogP contribution in [0.15, 0.2) is 40.9 Å². The van der Waals surface area contributed by atoms with Gasteiger partial charge in [0, 0.05) is 16.7 Å². The SMILES string of the molecule is Cc1cc(Br)c([N+](=O)[O-])c(C)c1C(=O)c1ccccc1. The second-order valence-electron chi connectivity index (χ2n) is 4.48. The van der Waals surface area contributed by atoms with Crippen molar-refractivity contribution in [2.24, 2.45) is 0 Å². The molecule has 2 aromatic rings. The Morgan fingerprint density at radius 1 is 1.20 bits per heavy atom. The predicted octanol–water partition coefficient (Wildman–Crippen LogP) is 4.21. The number of nitrogens with zero attached hydrogens (tertiary/aromatic N) is 1. The van der Waals surface area contributed by atoms with Crippen LogP contribution in [0, 0.1) is 24.0 Å². The minimum absolute atomic E-state index is 0.0603. The summed E-state index contributed by atoms with van der Waals surface area (Å²) >= 11 is 3.19. The van der Waals surface area contributed by atoms with Gasteiger partial charge < -0.3 is 0 Å². The van der Waals surface area contributed by atoms with Gasteiger partial charge in [0.15, 0.2) is 5.78 Å². The Labute approximate surface area is 124 Å². The fourth-order valence-electron chi connectivity index (χ4n) is 2.23. The molecule has 0 N–H and O–H groups in total. The molecule has 4 nitrogen and oxygen atoms in total. The molecule has 20 heavy (non-hydrogen) atoms. The van der Waals surface area contributed by atoms with Crippen molar-refractivity contribution < 1.29 is 9.72 Å². The molecule has 0 amide bonds. The lowest BCUT2D eigenvalue weighted by molar-refractivity contribution is -0.386. The van der Waals surface area contributed by atoms with Gasteiger partial charge in [0.1, 0.15) is 0 Å². The first-order chi connectivity index (χ1) is 9.43. The molecule has 0 unspecified atom stereocenters. The van der Waals surface area contributed by atoms with Gasteiger partial charge in [-0.05, 0) is 41.4 Å². The van der Waals surface area contributed by atoms with Crippen LogP contribution in [0.1, 0.15) is 27.0 Å². The zero-order valence-corrected chi connectivity index (χ0v) is 12.6. The largest absolute Gasteiger partial charge is 0.289 e. The first-order valence-corrected chi connectivity index (χ1v) is 6.76. The average Bonchev–Trinajstić information content (AvgIpc) is 2.38. The standard InChI is InChI=1S/C15H12BrNO3/c1-9-8-12(16)14(17(19)20)10(2)13(9)15(18)11-6-4-3-5-7-11/h3-8H,1-2H3. The highest BCUT2D eigenvalue weighted by Gasteiger charge is 2.24. The molecule has 0 aliphatic carbocycles. The molecular weight excluding hydrogens is 322 g/mol. The highest BCUT2D eigenvalue weighted by Crippen LogP contribution is 2.34. The first kappa shape index (κ1) is 14.4. The van der Waals surface area contributed by atoms with E-state index in [9.17, 15) is 14.9 Å². The number of hydrogen-bond acceptors (Lipinski definition) is 3. The minimum atomic E-state index is -0.472. The van der Waals surface area contributed by atoms with E-state index in [-0.39, 0.29) is 11.5 Å². The molecule has 2 rings (SSSR count). The summed E-state index contributed by atoms with van der Waals surface area (Å²) in [5.74, 6) is -0.198.